The summed E-state index contributed by atoms with van der Waals surface area (Å²) in [5, 5.41) is 3.79. The van der Waals surface area contributed by atoms with Crippen LogP contribution in [-0.2, 0) is 0 Å². The normalized spacial score (nSPS) is 24.3. The van der Waals surface area contributed by atoms with Crippen LogP contribution in [0.15, 0.2) is 24.3 Å². The van der Waals surface area contributed by atoms with Crippen molar-refractivity contribution in [2.75, 3.05) is 24.5 Å². The highest BCUT2D eigenvalue weighted by atomic mass is 15.2. The van der Waals surface area contributed by atoms with E-state index in [0.29, 0.717) is 6.04 Å². The van der Waals surface area contributed by atoms with Crippen LogP contribution in [0, 0.1) is 12.8 Å². The quantitative estimate of drug-likeness (QED) is 0.891. The van der Waals surface area contributed by atoms with Crippen LogP contribution in [0.2, 0.25) is 0 Å². The van der Waals surface area contributed by atoms with E-state index in [1.165, 1.54) is 63.0 Å². The topological polar surface area (TPSA) is 15.3 Å². The van der Waals surface area contributed by atoms with Gasteiger partial charge in [-0.15, -0.1) is 0 Å². The van der Waals surface area contributed by atoms with Crippen molar-refractivity contribution < 1.29 is 0 Å². The molecular formula is C17H26N2. The smallest absolute Gasteiger partial charge is 0.0366 e. The molecule has 3 rings (SSSR count). The molecule has 1 aliphatic heterocycles. The Morgan fingerprint density at radius 3 is 2.58 bits per heavy atom. The highest BCUT2D eigenvalue weighted by molar-refractivity contribution is 5.48. The van der Waals surface area contributed by atoms with Crippen molar-refractivity contribution in [1.29, 1.82) is 0 Å². The highest BCUT2D eigenvalue weighted by Crippen LogP contribution is 2.26. The molecule has 2 aliphatic rings. The number of anilines is 1. The number of hydrogen-bond donors (Lipinski definition) is 1. The molecule has 19 heavy (non-hydrogen) atoms. The number of piperidine rings is 1. The van der Waals surface area contributed by atoms with Crippen LogP contribution in [0.3, 0.4) is 0 Å². The van der Waals surface area contributed by atoms with E-state index in [4.69, 9.17) is 0 Å². The molecule has 1 saturated carbocycles. The van der Waals surface area contributed by atoms with E-state index < -0.39 is 0 Å². The zero-order valence-electron chi connectivity index (χ0n) is 12.1. The molecule has 0 aromatic heterocycles. The van der Waals surface area contributed by atoms with Gasteiger partial charge >= 0.3 is 0 Å². The van der Waals surface area contributed by atoms with Crippen molar-refractivity contribution in [2.45, 2.75) is 45.1 Å². The second-order valence-corrected chi connectivity index (χ2v) is 6.33. The third kappa shape index (κ3) is 3.30. The minimum Gasteiger partial charge on any atom is -0.370 e. The maximum absolute atomic E-state index is 3.79. The number of nitrogens with zero attached hydrogens (tertiary/aromatic N) is 1. The Bertz CT molecular complexity index is 394. The molecule has 1 heterocycles. The SMILES string of the molecule is Cc1ccc(N2CCCC(NCC3CCC3)C2)cc1. The van der Waals surface area contributed by atoms with E-state index in [-0.39, 0.29) is 0 Å². The third-order valence-corrected chi connectivity index (χ3v) is 4.74. The predicted octanol–water partition coefficient (Wildman–Crippen LogP) is 3.35. The summed E-state index contributed by atoms with van der Waals surface area (Å²) >= 11 is 0. The molecule has 1 aliphatic carbocycles. The van der Waals surface area contributed by atoms with Crippen LogP contribution in [0.4, 0.5) is 5.69 Å². The summed E-state index contributed by atoms with van der Waals surface area (Å²) < 4.78 is 0. The lowest BCUT2D eigenvalue weighted by Gasteiger charge is -2.36. The van der Waals surface area contributed by atoms with Crippen LogP contribution >= 0.6 is 0 Å². The van der Waals surface area contributed by atoms with Crippen molar-refractivity contribution in [1.82, 2.24) is 5.32 Å². The largest absolute Gasteiger partial charge is 0.370 e. The zero-order valence-corrected chi connectivity index (χ0v) is 12.1. The second-order valence-electron chi connectivity index (χ2n) is 6.33. The van der Waals surface area contributed by atoms with Crippen LogP contribution in [0.25, 0.3) is 0 Å². The third-order valence-electron chi connectivity index (χ3n) is 4.74. The lowest BCUT2D eigenvalue weighted by atomic mass is 9.85. The van der Waals surface area contributed by atoms with Gasteiger partial charge in [0.15, 0.2) is 0 Å². The fourth-order valence-corrected chi connectivity index (χ4v) is 3.16. The minimum absolute atomic E-state index is 0.690. The van der Waals surface area contributed by atoms with Crippen molar-refractivity contribution in [2.24, 2.45) is 5.92 Å². The van der Waals surface area contributed by atoms with Gasteiger partial charge in [0.1, 0.15) is 0 Å². The van der Waals surface area contributed by atoms with E-state index in [2.05, 4.69) is 41.4 Å². The lowest BCUT2D eigenvalue weighted by molar-refractivity contribution is 0.280. The van der Waals surface area contributed by atoms with E-state index >= 15 is 0 Å². The molecule has 1 atom stereocenters. The van der Waals surface area contributed by atoms with Gasteiger partial charge in [-0.1, -0.05) is 24.1 Å². The molecule has 1 unspecified atom stereocenters. The van der Waals surface area contributed by atoms with Gasteiger partial charge in [0.25, 0.3) is 0 Å². The van der Waals surface area contributed by atoms with Crippen molar-refractivity contribution >= 4 is 5.69 Å². The Labute approximate surface area is 117 Å². The number of hydrogen-bond acceptors (Lipinski definition) is 2. The second kappa shape index (κ2) is 5.96. The van der Waals surface area contributed by atoms with Crippen LogP contribution < -0.4 is 10.2 Å². The maximum Gasteiger partial charge on any atom is 0.0366 e. The van der Waals surface area contributed by atoms with Crippen molar-refractivity contribution in [3.63, 3.8) is 0 Å². The van der Waals surface area contributed by atoms with Gasteiger partial charge in [0.05, 0.1) is 0 Å². The van der Waals surface area contributed by atoms with Gasteiger partial charge in [0, 0.05) is 24.8 Å². The highest BCUT2D eigenvalue weighted by Gasteiger charge is 2.22. The molecule has 1 aromatic rings. The molecule has 0 bridgehead atoms. The van der Waals surface area contributed by atoms with Crippen LogP contribution in [0.5, 0.6) is 0 Å². The number of rotatable bonds is 4. The first-order valence-corrected chi connectivity index (χ1v) is 7.86. The standard InChI is InChI=1S/C17H26N2/c1-14-7-9-17(10-8-14)19-11-3-6-16(13-19)18-12-15-4-2-5-15/h7-10,15-16,18H,2-6,11-13H2,1H3. The van der Waals surface area contributed by atoms with E-state index in [0.717, 1.165) is 5.92 Å². The Balaban J connectivity index is 1.53. The van der Waals surface area contributed by atoms with Gasteiger partial charge < -0.3 is 10.2 Å². The fourth-order valence-electron chi connectivity index (χ4n) is 3.16. The van der Waals surface area contributed by atoms with Gasteiger partial charge in [-0.2, -0.15) is 0 Å². The summed E-state index contributed by atoms with van der Waals surface area (Å²) in [7, 11) is 0. The number of nitrogens with one attached hydrogen (secondary N) is 1. The molecule has 2 heteroatoms. The molecule has 0 radical (unpaired) electrons. The van der Waals surface area contributed by atoms with Gasteiger partial charge in [0.2, 0.25) is 0 Å². The van der Waals surface area contributed by atoms with Crippen LogP contribution in [0.1, 0.15) is 37.7 Å². The molecule has 1 saturated heterocycles. The predicted molar refractivity (Wildman–Crippen MR) is 81.8 cm³/mol. The van der Waals surface area contributed by atoms with E-state index in [1.807, 2.05) is 0 Å². The molecule has 2 nitrogen and oxygen atoms in total. The molecule has 1 aromatic carbocycles. The van der Waals surface area contributed by atoms with Crippen LogP contribution in [-0.4, -0.2) is 25.7 Å². The average molecular weight is 258 g/mol. The number of aryl methyl sites for hydroxylation is 1. The van der Waals surface area contributed by atoms with Crippen molar-refractivity contribution in [3.8, 4) is 0 Å². The van der Waals surface area contributed by atoms with Gasteiger partial charge in [-0.3, -0.25) is 0 Å². The van der Waals surface area contributed by atoms with E-state index in [1.54, 1.807) is 0 Å². The summed E-state index contributed by atoms with van der Waals surface area (Å²) in [6, 6.07) is 9.67. The zero-order chi connectivity index (χ0) is 13.1. The number of benzene rings is 1. The first kappa shape index (κ1) is 13.0. The monoisotopic (exact) mass is 258 g/mol. The van der Waals surface area contributed by atoms with Gasteiger partial charge in [-0.05, 0) is 57.2 Å². The summed E-state index contributed by atoms with van der Waals surface area (Å²) in [6.07, 6.45) is 7.00. The van der Waals surface area contributed by atoms with Crippen molar-refractivity contribution in [3.05, 3.63) is 29.8 Å². The Hall–Kier alpha value is -1.02. The molecule has 0 amide bonds. The molecule has 2 fully saturated rings. The molecule has 104 valence electrons. The van der Waals surface area contributed by atoms with Gasteiger partial charge in [-0.25, -0.2) is 0 Å². The fraction of sp³-hybridized carbons (Fsp3) is 0.647. The average Bonchev–Trinajstić information content (AvgIpc) is 2.38. The molecular weight excluding hydrogens is 232 g/mol. The summed E-state index contributed by atoms with van der Waals surface area (Å²) in [6.45, 7) is 5.79. The first-order chi connectivity index (χ1) is 9.31. The minimum atomic E-state index is 0.690. The molecule has 0 spiro atoms. The summed E-state index contributed by atoms with van der Waals surface area (Å²) in [5.41, 5.74) is 2.74. The Kier molecular flexibility index (Phi) is 4.07. The Morgan fingerprint density at radius 1 is 1.11 bits per heavy atom. The van der Waals surface area contributed by atoms with E-state index in [9.17, 15) is 0 Å². The first-order valence-electron chi connectivity index (χ1n) is 7.86. The summed E-state index contributed by atoms with van der Waals surface area (Å²) in [5.74, 6) is 0.967. The summed E-state index contributed by atoms with van der Waals surface area (Å²) in [4.78, 5) is 2.54. The molecule has 1 N–H and O–H groups in total. The Morgan fingerprint density at radius 2 is 1.89 bits per heavy atom. The lowest BCUT2D eigenvalue weighted by Crippen LogP contribution is -2.47. The maximum atomic E-state index is 3.79.